The third kappa shape index (κ3) is 5.13. The van der Waals surface area contributed by atoms with Crippen molar-refractivity contribution < 1.29 is 17.9 Å². The number of carbonyl (C=O) groups excluding carboxylic acids is 1. The van der Waals surface area contributed by atoms with Crippen molar-refractivity contribution in [1.82, 2.24) is 0 Å². The molecular weight excluding hydrogens is 412 g/mol. The summed E-state index contributed by atoms with van der Waals surface area (Å²) in [4.78, 5) is 13.1. The van der Waals surface area contributed by atoms with Crippen LogP contribution in [0.5, 0.6) is 5.75 Å². The first-order chi connectivity index (χ1) is 14.8. The summed E-state index contributed by atoms with van der Waals surface area (Å²) in [5.41, 5.74) is 2.05. The first-order valence-electron chi connectivity index (χ1n) is 9.62. The van der Waals surface area contributed by atoms with E-state index in [-0.39, 0.29) is 16.1 Å². The monoisotopic (exact) mass is 436 g/mol. The van der Waals surface area contributed by atoms with E-state index >= 15 is 0 Å². The number of para-hydroxylation sites is 1. The van der Waals surface area contributed by atoms with Gasteiger partial charge in [0.2, 0.25) is 0 Å². The Hall–Kier alpha value is -3.58. The van der Waals surface area contributed by atoms with E-state index in [9.17, 15) is 13.2 Å². The molecule has 1 N–H and O–H groups in total. The van der Waals surface area contributed by atoms with Crippen molar-refractivity contribution >= 4 is 27.3 Å². The average Bonchev–Trinajstić information content (AvgIpc) is 2.78. The molecule has 0 radical (unpaired) electrons. The van der Waals surface area contributed by atoms with Crippen molar-refractivity contribution in [1.29, 1.82) is 0 Å². The third-order valence-electron chi connectivity index (χ3n) is 4.65. The molecule has 3 aromatic rings. The minimum absolute atomic E-state index is 0.158. The molecule has 6 nitrogen and oxygen atoms in total. The number of rotatable bonds is 8. The Labute approximate surface area is 182 Å². The summed E-state index contributed by atoms with van der Waals surface area (Å²) >= 11 is 0. The zero-order valence-electron chi connectivity index (χ0n) is 17.4. The molecule has 31 heavy (non-hydrogen) atoms. The summed E-state index contributed by atoms with van der Waals surface area (Å²) in [6, 6.07) is 20.1. The van der Waals surface area contributed by atoms with Crippen molar-refractivity contribution in [3.05, 3.63) is 96.6 Å². The highest BCUT2D eigenvalue weighted by atomic mass is 32.2. The van der Waals surface area contributed by atoms with E-state index in [4.69, 9.17) is 4.74 Å². The fourth-order valence-electron chi connectivity index (χ4n) is 2.93. The highest BCUT2D eigenvalue weighted by Gasteiger charge is 2.25. The second-order valence-electron chi connectivity index (χ2n) is 6.88. The zero-order valence-corrected chi connectivity index (χ0v) is 18.2. The summed E-state index contributed by atoms with van der Waals surface area (Å²) in [7, 11) is -2.39. The normalized spacial score (nSPS) is 10.9. The molecule has 0 unspecified atom stereocenters. The molecule has 0 atom stereocenters. The van der Waals surface area contributed by atoms with Crippen LogP contribution >= 0.6 is 0 Å². The number of hydrogen-bond acceptors (Lipinski definition) is 4. The molecule has 0 heterocycles. The lowest BCUT2D eigenvalue weighted by Gasteiger charge is -2.22. The van der Waals surface area contributed by atoms with E-state index in [2.05, 4.69) is 11.9 Å². The molecule has 0 fully saturated rings. The largest absolute Gasteiger partial charge is 0.490 e. The van der Waals surface area contributed by atoms with E-state index in [0.29, 0.717) is 18.0 Å². The minimum Gasteiger partial charge on any atom is -0.490 e. The molecule has 0 bridgehead atoms. The fraction of sp³-hybridized carbons (Fsp3) is 0.125. The van der Waals surface area contributed by atoms with Gasteiger partial charge >= 0.3 is 0 Å². The number of nitrogens with one attached hydrogen (secondary N) is 1. The predicted octanol–water partition coefficient (Wildman–Crippen LogP) is 4.64. The highest BCUT2D eigenvalue weighted by molar-refractivity contribution is 7.92. The molecular formula is C24H24N2O4S. The lowest BCUT2D eigenvalue weighted by molar-refractivity contribution is 0.102. The van der Waals surface area contributed by atoms with Gasteiger partial charge in [-0.25, -0.2) is 8.42 Å². The SMILES string of the molecule is C=CCOc1ccc(NC(=O)c2ccccc2N(C)S(=O)(=O)c2ccc(C)cc2)cc1. The lowest BCUT2D eigenvalue weighted by atomic mass is 10.1. The first kappa shape index (κ1) is 22.1. The van der Waals surface area contributed by atoms with Crippen LogP contribution in [0.1, 0.15) is 15.9 Å². The first-order valence-corrected chi connectivity index (χ1v) is 11.1. The van der Waals surface area contributed by atoms with E-state index in [1.807, 2.05) is 6.92 Å². The Bertz CT molecular complexity index is 1170. The molecule has 0 saturated heterocycles. The van der Waals surface area contributed by atoms with Gasteiger partial charge < -0.3 is 10.1 Å². The minimum atomic E-state index is -3.82. The van der Waals surface area contributed by atoms with Crippen LogP contribution in [0.4, 0.5) is 11.4 Å². The van der Waals surface area contributed by atoms with Crippen LogP contribution in [0.3, 0.4) is 0 Å². The quantitative estimate of drug-likeness (QED) is 0.522. The standard InChI is InChI=1S/C24H24N2O4S/c1-4-17-30-20-13-11-19(12-14-20)25-24(27)22-7-5-6-8-23(22)26(3)31(28,29)21-15-9-18(2)10-16-21/h4-16H,1,17H2,2-3H3,(H,25,27). The van der Waals surface area contributed by atoms with Gasteiger partial charge in [-0.15, -0.1) is 0 Å². The third-order valence-corrected chi connectivity index (χ3v) is 6.43. The van der Waals surface area contributed by atoms with Crippen molar-refractivity contribution in [3.8, 4) is 5.75 Å². The summed E-state index contributed by atoms with van der Waals surface area (Å²) < 4.78 is 32.7. The number of ether oxygens (including phenoxy) is 1. The number of benzene rings is 3. The van der Waals surface area contributed by atoms with Gasteiger partial charge in [0.15, 0.2) is 0 Å². The Kier molecular flexibility index (Phi) is 6.77. The average molecular weight is 437 g/mol. The molecule has 0 aliphatic heterocycles. The van der Waals surface area contributed by atoms with Crippen LogP contribution in [0.2, 0.25) is 0 Å². The number of hydrogen-bond donors (Lipinski definition) is 1. The van der Waals surface area contributed by atoms with E-state index < -0.39 is 15.9 Å². The van der Waals surface area contributed by atoms with Crippen LogP contribution in [0, 0.1) is 6.92 Å². The van der Waals surface area contributed by atoms with Gasteiger partial charge in [0.1, 0.15) is 12.4 Å². The van der Waals surface area contributed by atoms with Gasteiger partial charge in [-0.3, -0.25) is 9.10 Å². The molecule has 0 aliphatic rings. The molecule has 160 valence electrons. The Morgan fingerprint density at radius 3 is 2.32 bits per heavy atom. The van der Waals surface area contributed by atoms with Gasteiger partial charge in [0.05, 0.1) is 16.1 Å². The van der Waals surface area contributed by atoms with Crippen LogP contribution in [0.25, 0.3) is 0 Å². The van der Waals surface area contributed by atoms with Crippen LogP contribution < -0.4 is 14.4 Å². The number of carbonyl (C=O) groups is 1. The second-order valence-corrected chi connectivity index (χ2v) is 8.85. The number of sulfonamides is 1. The molecule has 0 aromatic heterocycles. The van der Waals surface area contributed by atoms with E-state index in [1.165, 1.54) is 7.05 Å². The fourth-order valence-corrected chi connectivity index (χ4v) is 4.14. The van der Waals surface area contributed by atoms with Crippen molar-refractivity contribution in [2.24, 2.45) is 0 Å². The molecule has 0 saturated carbocycles. The lowest BCUT2D eigenvalue weighted by Crippen LogP contribution is -2.29. The topological polar surface area (TPSA) is 75.7 Å². The molecule has 0 spiro atoms. The second kappa shape index (κ2) is 9.49. The Morgan fingerprint density at radius 2 is 1.68 bits per heavy atom. The highest BCUT2D eigenvalue weighted by Crippen LogP contribution is 2.27. The maximum atomic E-state index is 13.1. The number of nitrogens with zero attached hydrogens (tertiary/aromatic N) is 1. The number of anilines is 2. The van der Waals surface area contributed by atoms with E-state index in [1.54, 1.807) is 78.9 Å². The van der Waals surface area contributed by atoms with Gasteiger partial charge in [0, 0.05) is 12.7 Å². The maximum Gasteiger partial charge on any atom is 0.264 e. The van der Waals surface area contributed by atoms with Crippen LogP contribution in [-0.2, 0) is 10.0 Å². The van der Waals surface area contributed by atoms with Crippen molar-refractivity contribution in [2.45, 2.75) is 11.8 Å². The molecule has 1 amide bonds. The predicted molar refractivity (Wildman–Crippen MR) is 123 cm³/mol. The number of amides is 1. The zero-order chi connectivity index (χ0) is 22.4. The van der Waals surface area contributed by atoms with Gasteiger partial charge in [-0.05, 0) is 55.5 Å². The molecule has 0 aliphatic carbocycles. The smallest absolute Gasteiger partial charge is 0.264 e. The van der Waals surface area contributed by atoms with Gasteiger partial charge in [0.25, 0.3) is 15.9 Å². The number of aryl methyl sites for hydroxylation is 1. The van der Waals surface area contributed by atoms with Gasteiger partial charge in [-0.2, -0.15) is 0 Å². The van der Waals surface area contributed by atoms with E-state index in [0.717, 1.165) is 9.87 Å². The van der Waals surface area contributed by atoms with Crippen LogP contribution in [0.15, 0.2) is 90.3 Å². The van der Waals surface area contributed by atoms with Gasteiger partial charge in [-0.1, -0.05) is 42.5 Å². The maximum absolute atomic E-state index is 13.1. The Balaban J connectivity index is 1.84. The molecule has 3 aromatic carbocycles. The summed E-state index contributed by atoms with van der Waals surface area (Å²) in [6.45, 7) is 5.88. The van der Waals surface area contributed by atoms with Crippen molar-refractivity contribution in [3.63, 3.8) is 0 Å². The Morgan fingerprint density at radius 1 is 1.03 bits per heavy atom. The summed E-state index contributed by atoms with van der Waals surface area (Å²) in [5.74, 6) is 0.239. The molecule has 7 heteroatoms. The van der Waals surface area contributed by atoms with Crippen LogP contribution in [-0.4, -0.2) is 28.0 Å². The summed E-state index contributed by atoms with van der Waals surface area (Å²) in [5, 5.41) is 2.80. The summed E-state index contributed by atoms with van der Waals surface area (Å²) in [6.07, 6.45) is 1.65. The molecule has 3 rings (SSSR count). The van der Waals surface area contributed by atoms with Crippen molar-refractivity contribution in [2.75, 3.05) is 23.3 Å².